The van der Waals surface area contributed by atoms with Gasteiger partial charge in [0, 0.05) is 25.1 Å². The quantitative estimate of drug-likeness (QED) is 0.823. The van der Waals surface area contributed by atoms with Crippen LogP contribution in [0.25, 0.3) is 0 Å². The first kappa shape index (κ1) is 16.5. The SMILES string of the molecule is CN(Cc1ccc(Br)cc1)C(=O)c1cnn(C)c1C(F)(F)F. The first-order valence-corrected chi connectivity index (χ1v) is 7.08. The Morgan fingerprint density at radius 3 is 2.45 bits per heavy atom. The van der Waals surface area contributed by atoms with Crippen molar-refractivity contribution in [2.75, 3.05) is 7.05 Å². The smallest absolute Gasteiger partial charge is 0.337 e. The van der Waals surface area contributed by atoms with E-state index in [9.17, 15) is 18.0 Å². The van der Waals surface area contributed by atoms with Crippen LogP contribution in [0.3, 0.4) is 0 Å². The standard InChI is InChI=1S/C14H13BrF3N3O/c1-20(8-9-3-5-10(15)6-4-9)13(22)11-7-19-21(2)12(11)14(16,17)18/h3-7H,8H2,1-2H3. The van der Waals surface area contributed by atoms with E-state index in [1.165, 1.54) is 11.9 Å². The lowest BCUT2D eigenvalue weighted by Gasteiger charge is -2.18. The van der Waals surface area contributed by atoms with Gasteiger partial charge in [-0.2, -0.15) is 18.3 Å². The van der Waals surface area contributed by atoms with Gasteiger partial charge >= 0.3 is 6.18 Å². The Hall–Kier alpha value is -1.83. The minimum atomic E-state index is -4.63. The Bertz CT molecular complexity index is 680. The molecule has 118 valence electrons. The third-order valence-electron chi connectivity index (χ3n) is 3.12. The zero-order valence-corrected chi connectivity index (χ0v) is 13.4. The van der Waals surface area contributed by atoms with E-state index in [2.05, 4.69) is 21.0 Å². The van der Waals surface area contributed by atoms with Gasteiger partial charge in [-0.15, -0.1) is 0 Å². The van der Waals surface area contributed by atoms with Crippen molar-refractivity contribution in [3.63, 3.8) is 0 Å². The third-order valence-corrected chi connectivity index (χ3v) is 3.65. The molecule has 0 fully saturated rings. The molecule has 2 rings (SSSR count). The normalized spacial score (nSPS) is 11.5. The molecule has 1 heterocycles. The molecule has 1 aromatic heterocycles. The molecular weight excluding hydrogens is 363 g/mol. The maximum atomic E-state index is 13.0. The number of carbonyl (C=O) groups excluding carboxylic acids is 1. The number of hydrogen-bond acceptors (Lipinski definition) is 2. The molecule has 0 N–H and O–H groups in total. The second-order valence-electron chi connectivity index (χ2n) is 4.82. The molecule has 0 aliphatic carbocycles. The lowest BCUT2D eigenvalue weighted by molar-refractivity contribution is -0.144. The summed E-state index contributed by atoms with van der Waals surface area (Å²) in [6, 6.07) is 7.20. The number of rotatable bonds is 3. The average molecular weight is 376 g/mol. The largest absolute Gasteiger partial charge is 0.433 e. The van der Waals surface area contributed by atoms with E-state index in [1.807, 2.05) is 0 Å². The summed E-state index contributed by atoms with van der Waals surface area (Å²) in [7, 11) is 2.62. The Morgan fingerprint density at radius 2 is 1.91 bits per heavy atom. The zero-order chi connectivity index (χ0) is 16.5. The van der Waals surface area contributed by atoms with Crippen LogP contribution in [-0.4, -0.2) is 27.6 Å². The molecule has 4 nitrogen and oxygen atoms in total. The molecule has 1 aromatic carbocycles. The zero-order valence-electron chi connectivity index (χ0n) is 11.9. The second-order valence-corrected chi connectivity index (χ2v) is 5.73. The van der Waals surface area contributed by atoms with Crippen LogP contribution in [0.1, 0.15) is 21.6 Å². The van der Waals surface area contributed by atoms with Gasteiger partial charge in [0.05, 0.1) is 11.8 Å². The number of benzene rings is 1. The molecule has 0 bridgehead atoms. The van der Waals surface area contributed by atoms with Crippen LogP contribution in [0.5, 0.6) is 0 Å². The first-order chi connectivity index (χ1) is 10.2. The highest BCUT2D eigenvalue weighted by molar-refractivity contribution is 9.10. The van der Waals surface area contributed by atoms with Gasteiger partial charge in [0.2, 0.25) is 0 Å². The lowest BCUT2D eigenvalue weighted by atomic mass is 10.2. The number of amides is 1. The summed E-state index contributed by atoms with van der Waals surface area (Å²) in [6.45, 7) is 0.207. The topological polar surface area (TPSA) is 38.1 Å². The molecular formula is C14H13BrF3N3O. The summed E-state index contributed by atoms with van der Waals surface area (Å²) in [5, 5.41) is 3.55. The molecule has 22 heavy (non-hydrogen) atoms. The predicted octanol–water partition coefficient (Wildman–Crippen LogP) is 3.47. The van der Waals surface area contributed by atoms with Crippen molar-refractivity contribution in [2.24, 2.45) is 7.05 Å². The average Bonchev–Trinajstić information content (AvgIpc) is 2.82. The maximum Gasteiger partial charge on any atom is 0.433 e. The van der Waals surface area contributed by atoms with Gasteiger partial charge in [-0.25, -0.2) is 0 Å². The van der Waals surface area contributed by atoms with Crippen molar-refractivity contribution < 1.29 is 18.0 Å². The summed E-state index contributed by atoms with van der Waals surface area (Å²) < 4.78 is 40.6. The molecule has 0 radical (unpaired) electrons. The van der Waals surface area contributed by atoms with Gasteiger partial charge in [0.15, 0.2) is 5.69 Å². The van der Waals surface area contributed by atoms with E-state index in [0.29, 0.717) is 4.68 Å². The van der Waals surface area contributed by atoms with Gasteiger partial charge in [0.1, 0.15) is 0 Å². The molecule has 8 heteroatoms. The fourth-order valence-electron chi connectivity index (χ4n) is 2.07. The Kier molecular flexibility index (Phi) is 4.60. The Balaban J connectivity index is 2.23. The van der Waals surface area contributed by atoms with E-state index in [-0.39, 0.29) is 6.54 Å². The summed E-state index contributed by atoms with van der Waals surface area (Å²) in [4.78, 5) is 13.5. The van der Waals surface area contributed by atoms with E-state index in [0.717, 1.165) is 23.3 Å². The summed E-state index contributed by atoms with van der Waals surface area (Å²) in [5.41, 5.74) is -0.675. The van der Waals surface area contributed by atoms with Crippen LogP contribution in [-0.2, 0) is 19.8 Å². The highest BCUT2D eigenvalue weighted by Gasteiger charge is 2.39. The molecule has 0 saturated heterocycles. The fourth-order valence-corrected chi connectivity index (χ4v) is 2.34. The Morgan fingerprint density at radius 1 is 1.32 bits per heavy atom. The van der Waals surface area contributed by atoms with Crippen LogP contribution in [0, 0.1) is 0 Å². The summed E-state index contributed by atoms with van der Waals surface area (Å²) in [6.07, 6.45) is -3.68. The van der Waals surface area contributed by atoms with E-state index in [4.69, 9.17) is 0 Å². The van der Waals surface area contributed by atoms with Crippen molar-refractivity contribution in [3.8, 4) is 0 Å². The third kappa shape index (κ3) is 3.49. The lowest BCUT2D eigenvalue weighted by Crippen LogP contribution is -2.28. The van der Waals surface area contributed by atoms with Gasteiger partial charge in [0.25, 0.3) is 5.91 Å². The molecule has 0 saturated carbocycles. The summed E-state index contributed by atoms with van der Waals surface area (Å²) in [5.74, 6) is -0.719. The number of aromatic nitrogens is 2. The van der Waals surface area contributed by atoms with Crippen LogP contribution < -0.4 is 0 Å². The molecule has 0 atom stereocenters. The molecule has 1 amide bonds. The second kappa shape index (κ2) is 6.12. The van der Waals surface area contributed by atoms with Crippen molar-refractivity contribution in [3.05, 3.63) is 51.8 Å². The number of aryl methyl sites for hydroxylation is 1. The molecule has 0 spiro atoms. The summed E-state index contributed by atoms with van der Waals surface area (Å²) >= 11 is 3.29. The van der Waals surface area contributed by atoms with Crippen molar-refractivity contribution in [1.29, 1.82) is 0 Å². The highest BCUT2D eigenvalue weighted by Crippen LogP contribution is 2.32. The number of hydrogen-bond donors (Lipinski definition) is 0. The van der Waals surface area contributed by atoms with Crippen molar-refractivity contribution >= 4 is 21.8 Å². The van der Waals surface area contributed by atoms with Crippen LogP contribution in [0.2, 0.25) is 0 Å². The Labute approximate surface area is 133 Å². The highest BCUT2D eigenvalue weighted by atomic mass is 79.9. The van der Waals surface area contributed by atoms with Gasteiger partial charge in [-0.05, 0) is 17.7 Å². The number of nitrogens with zero attached hydrogens (tertiary/aromatic N) is 3. The van der Waals surface area contributed by atoms with Gasteiger partial charge in [-0.3, -0.25) is 9.48 Å². The number of halogens is 4. The van der Waals surface area contributed by atoms with Crippen LogP contribution in [0.15, 0.2) is 34.9 Å². The fraction of sp³-hybridized carbons (Fsp3) is 0.286. The predicted molar refractivity (Wildman–Crippen MR) is 78.1 cm³/mol. The molecule has 2 aromatic rings. The van der Waals surface area contributed by atoms with Crippen molar-refractivity contribution in [1.82, 2.24) is 14.7 Å². The minimum absolute atomic E-state index is 0.207. The van der Waals surface area contributed by atoms with E-state index >= 15 is 0 Å². The molecule has 0 unspecified atom stereocenters. The molecule has 0 aliphatic heterocycles. The van der Waals surface area contributed by atoms with E-state index in [1.54, 1.807) is 24.3 Å². The monoisotopic (exact) mass is 375 g/mol. The van der Waals surface area contributed by atoms with Crippen LogP contribution >= 0.6 is 15.9 Å². The van der Waals surface area contributed by atoms with E-state index < -0.39 is 23.3 Å². The number of carbonyl (C=O) groups is 1. The number of alkyl halides is 3. The maximum absolute atomic E-state index is 13.0. The first-order valence-electron chi connectivity index (χ1n) is 6.29. The minimum Gasteiger partial charge on any atom is -0.337 e. The molecule has 0 aliphatic rings. The van der Waals surface area contributed by atoms with Gasteiger partial charge in [-0.1, -0.05) is 28.1 Å². The van der Waals surface area contributed by atoms with Crippen LogP contribution in [0.4, 0.5) is 13.2 Å². The van der Waals surface area contributed by atoms with Gasteiger partial charge < -0.3 is 4.90 Å². The van der Waals surface area contributed by atoms with Crippen molar-refractivity contribution in [2.45, 2.75) is 12.7 Å².